The molecule has 0 N–H and O–H groups in total. The molecule has 3 aliphatic rings. The van der Waals surface area contributed by atoms with Crippen LogP contribution in [-0.2, 0) is 23.8 Å². The Morgan fingerprint density at radius 2 is 1.44 bits per heavy atom. The molecular formula is C26H47N3O5. The van der Waals surface area contributed by atoms with Crippen LogP contribution in [0.5, 0.6) is 0 Å². The summed E-state index contributed by atoms with van der Waals surface area (Å²) in [4.78, 5) is 33.0. The van der Waals surface area contributed by atoms with E-state index >= 15 is 0 Å². The van der Waals surface area contributed by atoms with Gasteiger partial charge in [0.25, 0.3) is 5.85 Å². The van der Waals surface area contributed by atoms with E-state index in [1.807, 2.05) is 27.7 Å². The molecule has 3 fully saturated rings. The fourth-order valence-corrected chi connectivity index (χ4v) is 5.61. The van der Waals surface area contributed by atoms with E-state index in [1.165, 1.54) is 0 Å². The molecule has 2 heterocycles. The van der Waals surface area contributed by atoms with Crippen molar-refractivity contribution in [2.75, 3.05) is 46.9 Å². The summed E-state index contributed by atoms with van der Waals surface area (Å²) < 4.78 is 18.2. The Labute approximate surface area is 206 Å². The highest BCUT2D eigenvalue weighted by molar-refractivity contribution is 5.79. The molecule has 8 heteroatoms. The van der Waals surface area contributed by atoms with E-state index in [9.17, 15) is 9.59 Å². The SMILES string of the molecule is CCOC(=O)C1CCC(OC(C(=O)OC(C)(C)C)(N2CCCC2)N2CCC(N(C)C)CC2)CC1. The minimum Gasteiger partial charge on any atom is -0.466 e. The van der Waals surface area contributed by atoms with Crippen LogP contribution in [0.25, 0.3) is 0 Å². The van der Waals surface area contributed by atoms with Crippen LogP contribution < -0.4 is 0 Å². The normalized spacial score (nSPS) is 27.5. The predicted molar refractivity (Wildman–Crippen MR) is 131 cm³/mol. The Balaban J connectivity index is 1.84. The van der Waals surface area contributed by atoms with Crippen molar-refractivity contribution in [2.24, 2.45) is 5.92 Å². The molecule has 1 unspecified atom stereocenters. The average molecular weight is 482 g/mol. The first-order chi connectivity index (χ1) is 16.1. The quantitative estimate of drug-likeness (QED) is 0.490. The van der Waals surface area contributed by atoms with Gasteiger partial charge in [0.05, 0.1) is 18.6 Å². The Morgan fingerprint density at radius 1 is 0.882 bits per heavy atom. The van der Waals surface area contributed by atoms with E-state index in [2.05, 4.69) is 28.8 Å². The van der Waals surface area contributed by atoms with Gasteiger partial charge < -0.3 is 19.1 Å². The molecular weight excluding hydrogens is 434 g/mol. The molecule has 34 heavy (non-hydrogen) atoms. The number of piperidine rings is 1. The van der Waals surface area contributed by atoms with Gasteiger partial charge in [-0.2, -0.15) is 0 Å². The standard InChI is InChI=1S/C26H47N3O5/c1-7-32-23(30)20-10-12-22(13-11-20)33-26(28-16-8-9-17-28,24(31)34-25(2,3)4)29-18-14-21(15-19-29)27(5)6/h20-22H,7-19H2,1-6H3. The Morgan fingerprint density at radius 3 is 1.94 bits per heavy atom. The third kappa shape index (κ3) is 6.50. The van der Waals surface area contributed by atoms with Crippen molar-refractivity contribution >= 4 is 11.9 Å². The number of nitrogens with zero attached hydrogens (tertiary/aromatic N) is 3. The third-order valence-electron chi connectivity index (χ3n) is 7.45. The van der Waals surface area contributed by atoms with Crippen molar-refractivity contribution in [3.63, 3.8) is 0 Å². The molecule has 0 bridgehead atoms. The van der Waals surface area contributed by atoms with E-state index in [1.54, 1.807) is 0 Å². The number of esters is 2. The molecule has 196 valence electrons. The van der Waals surface area contributed by atoms with E-state index in [-0.39, 0.29) is 24.0 Å². The first-order valence-electron chi connectivity index (χ1n) is 13.3. The van der Waals surface area contributed by atoms with Gasteiger partial charge in [0.2, 0.25) is 0 Å². The van der Waals surface area contributed by atoms with Gasteiger partial charge >= 0.3 is 11.9 Å². The van der Waals surface area contributed by atoms with Crippen LogP contribution in [0.1, 0.15) is 79.1 Å². The van der Waals surface area contributed by atoms with Crippen LogP contribution in [0.15, 0.2) is 0 Å². The summed E-state index contributed by atoms with van der Waals surface area (Å²) in [5.74, 6) is -1.68. The first kappa shape index (κ1) is 27.4. The highest BCUT2D eigenvalue weighted by Gasteiger charge is 2.56. The molecule has 1 aliphatic carbocycles. The Hall–Kier alpha value is -1.22. The molecule has 1 saturated carbocycles. The van der Waals surface area contributed by atoms with Crippen LogP contribution in [0.3, 0.4) is 0 Å². The van der Waals surface area contributed by atoms with Gasteiger partial charge in [0.1, 0.15) is 5.60 Å². The summed E-state index contributed by atoms with van der Waals surface area (Å²) >= 11 is 0. The maximum atomic E-state index is 14.0. The van der Waals surface area contributed by atoms with Gasteiger partial charge in [-0.1, -0.05) is 0 Å². The average Bonchev–Trinajstić information content (AvgIpc) is 3.32. The number of hydrogen-bond donors (Lipinski definition) is 0. The fraction of sp³-hybridized carbons (Fsp3) is 0.923. The number of ether oxygens (including phenoxy) is 3. The van der Waals surface area contributed by atoms with E-state index in [0.29, 0.717) is 12.6 Å². The monoisotopic (exact) mass is 481 g/mol. The van der Waals surface area contributed by atoms with Crippen LogP contribution in [0, 0.1) is 5.92 Å². The maximum absolute atomic E-state index is 14.0. The zero-order chi connectivity index (χ0) is 24.9. The van der Waals surface area contributed by atoms with Crippen LogP contribution >= 0.6 is 0 Å². The smallest absolute Gasteiger partial charge is 0.371 e. The van der Waals surface area contributed by atoms with Gasteiger partial charge in [0.15, 0.2) is 0 Å². The third-order valence-corrected chi connectivity index (χ3v) is 7.45. The van der Waals surface area contributed by atoms with Crippen molar-refractivity contribution < 1.29 is 23.8 Å². The van der Waals surface area contributed by atoms with Crippen molar-refractivity contribution in [2.45, 2.75) is 103 Å². The predicted octanol–water partition coefficient (Wildman–Crippen LogP) is 3.24. The summed E-state index contributed by atoms with van der Waals surface area (Å²) in [6, 6.07) is 0.506. The van der Waals surface area contributed by atoms with Crippen LogP contribution in [0.4, 0.5) is 0 Å². The van der Waals surface area contributed by atoms with Gasteiger partial charge in [0, 0.05) is 32.2 Å². The van der Waals surface area contributed by atoms with Gasteiger partial charge in [-0.05, 0) is 93.2 Å². The number of hydrogen-bond acceptors (Lipinski definition) is 8. The molecule has 0 aromatic rings. The minimum atomic E-state index is -1.21. The fourth-order valence-electron chi connectivity index (χ4n) is 5.61. The molecule has 0 aromatic heterocycles. The largest absolute Gasteiger partial charge is 0.466 e. The lowest BCUT2D eigenvalue weighted by atomic mass is 9.87. The second-order valence-corrected chi connectivity index (χ2v) is 11.3. The summed E-state index contributed by atoms with van der Waals surface area (Å²) in [6.07, 6.45) is 6.95. The van der Waals surface area contributed by atoms with E-state index < -0.39 is 11.4 Å². The van der Waals surface area contributed by atoms with E-state index in [4.69, 9.17) is 14.2 Å². The highest BCUT2D eigenvalue weighted by atomic mass is 16.6. The summed E-state index contributed by atoms with van der Waals surface area (Å²) in [6.45, 7) is 11.2. The van der Waals surface area contributed by atoms with Crippen LogP contribution in [0.2, 0.25) is 0 Å². The van der Waals surface area contributed by atoms with Crippen molar-refractivity contribution in [3.8, 4) is 0 Å². The molecule has 2 saturated heterocycles. The maximum Gasteiger partial charge on any atom is 0.371 e. The topological polar surface area (TPSA) is 71.5 Å². The molecule has 0 aromatic carbocycles. The van der Waals surface area contributed by atoms with Gasteiger partial charge in [-0.15, -0.1) is 0 Å². The summed E-state index contributed by atoms with van der Waals surface area (Å²) in [5, 5.41) is 0. The minimum absolute atomic E-state index is 0.0710. The second-order valence-electron chi connectivity index (χ2n) is 11.3. The van der Waals surface area contributed by atoms with Crippen molar-refractivity contribution in [3.05, 3.63) is 0 Å². The lowest BCUT2D eigenvalue weighted by Gasteiger charge is -2.51. The number of likely N-dealkylation sites (tertiary alicyclic amines) is 2. The first-order valence-corrected chi connectivity index (χ1v) is 13.3. The molecule has 8 nitrogen and oxygen atoms in total. The molecule has 0 spiro atoms. The zero-order valence-corrected chi connectivity index (χ0v) is 22.3. The molecule has 3 rings (SSSR count). The Kier molecular flexibility index (Phi) is 9.40. The zero-order valence-electron chi connectivity index (χ0n) is 22.3. The summed E-state index contributed by atoms with van der Waals surface area (Å²) in [5.41, 5.74) is -0.602. The van der Waals surface area contributed by atoms with Crippen molar-refractivity contribution in [1.29, 1.82) is 0 Å². The van der Waals surface area contributed by atoms with Crippen molar-refractivity contribution in [1.82, 2.24) is 14.7 Å². The number of rotatable bonds is 8. The van der Waals surface area contributed by atoms with Gasteiger partial charge in [-0.25, -0.2) is 4.79 Å². The molecule has 0 radical (unpaired) electrons. The molecule has 0 amide bonds. The van der Waals surface area contributed by atoms with E-state index in [0.717, 1.165) is 77.5 Å². The summed E-state index contributed by atoms with van der Waals surface area (Å²) in [7, 11) is 4.25. The van der Waals surface area contributed by atoms with Gasteiger partial charge in [-0.3, -0.25) is 14.6 Å². The number of carbonyl (C=O) groups is 2. The highest BCUT2D eigenvalue weighted by Crippen LogP contribution is 2.37. The Bertz CT molecular complexity index is 672. The lowest BCUT2D eigenvalue weighted by molar-refractivity contribution is -0.281. The van der Waals surface area contributed by atoms with Crippen LogP contribution in [-0.4, -0.2) is 97.1 Å². The lowest BCUT2D eigenvalue weighted by Crippen LogP contribution is -2.70. The molecule has 1 atom stereocenters. The second kappa shape index (κ2) is 11.7. The molecule has 2 aliphatic heterocycles. The number of carbonyl (C=O) groups excluding carboxylic acids is 2.